The number of anilines is 1. The van der Waals surface area contributed by atoms with Crippen molar-refractivity contribution in [3.63, 3.8) is 0 Å². The van der Waals surface area contributed by atoms with Crippen LogP contribution in [0.2, 0.25) is 0 Å². The highest BCUT2D eigenvalue weighted by Crippen LogP contribution is 2.34. The lowest BCUT2D eigenvalue weighted by Crippen LogP contribution is -2.25. The average molecular weight is 434 g/mol. The predicted octanol–water partition coefficient (Wildman–Crippen LogP) is 4.83. The molecular weight excluding hydrogens is 406 g/mol. The fraction of sp³-hybridized carbons (Fsp3) is 0.320. The van der Waals surface area contributed by atoms with Crippen molar-refractivity contribution in [1.29, 1.82) is 0 Å². The SMILES string of the molecule is COc1ccccc1-c1cc(-c2ccccc2O)nc(NCC2CCC(C(=O)O)CC2)n1. The van der Waals surface area contributed by atoms with Crippen molar-refractivity contribution in [2.24, 2.45) is 11.8 Å². The van der Waals surface area contributed by atoms with Gasteiger partial charge in [0, 0.05) is 17.7 Å². The molecule has 2 aromatic carbocycles. The summed E-state index contributed by atoms with van der Waals surface area (Å²) in [4.78, 5) is 20.6. The number of ether oxygens (including phenoxy) is 1. The summed E-state index contributed by atoms with van der Waals surface area (Å²) in [6.07, 6.45) is 3.13. The van der Waals surface area contributed by atoms with E-state index in [1.165, 1.54) is 0 Å². The lowest BCUT2D eigenvalue weighted by Gasteiger charge is -2.26. The third kappa shape index (κ3) is 4.82. The van der Waals surface area contributed by atoms with Crippen molar-refractivity contribution >= 4 is 11.9 Å². The number of carboxylic acid groups (broad SMARTS) is 1. The first-order chi connectivity index (χ1) is 15.5. The Bertz CT molecular complexity index is 1090. The minimum Gasteiger partial charge on any atom is -0.507 e. The van der Waals surface area contributed by atoms with E-state index in [1.54, 1.807) is 19.2 Å². The Morgan fingerprint density at radius 1 is 1.00 bits per heavy atom. The molecule has 0 amide bonds. The zero-order valence-corrected chi connectivity index (χ0v) is 18.0. The lowest BCUT2D eigenvalue weighted by molar-refractivity contribution is -0.143. The maximum atomic E-state index is 11.2. The number of aliphatic carboxylic acids is 1. The van der Waals surface area contributed by atoms with Crippen LogP contribution in [0.5, 0.6) is 11.5 Å². The van der Waals surface area contributed by atoms with Gasteiger partial charge in [0.2, 0.25) is 5.95 Å². The van der Waals surface area contributed by atoms with Crippen LogP contribution in [0.3, 0.4) is 0 Å². The minimum absolute atomic E-state index is 0.148. The zero-order valence-electron chi connectivity index (χ0n) is 18.0. The number of phenolic OH excluding ortho intramolecular Hbond substituents is 1. The first kappa shape index (κ1) is 21.6. The average Bonchev–Trinajstić information content (AvgIpc) is 2.83. The number of benzene rings is 2. The minimum atomic E-state index is -0.698. The van der Waals surface area contributed by atoms with E-state index in [-0.39, 0.29) is 11.7 Å². The zero-order chi connectivity index (χ0) is 22.5. The third-order valence-electron chi connectivity index (χ3n) is 6.03. The molecule has 3 aromatic rings. The molecule has 1 saturated carbocycles. The topological polar surface area (TPSA) is 105 Å². The smallest absolute Gasteiger partial charge is 0.306 e. The molecule has 1 heterocycles. The molecule has 166 valence electrons. The van der Waals surface area contributed by atoms with E-state index in [0.29, 0.717) is 54.0 Å². The molecule has 0 aliphatic heterocycles. The summed E-state index contributed by atoms with van der Waals surface area (Å²) < 4.78 is 5.52. The Hall–Kier alpha value is -3.61. The fourth-order valence-electron chi connectivity index (χ4n) is 4.20. The number of phenols is 1. The number of hydrogen-bond acceptors (Lipinski definition) is 6. The predicted molar refractivity (Wildman–Crippen MR) is 123 cm³/mol. The quantitative estimate of drug-likeness (QED) is 0.490. The molecular formula is C25H27N3O4. The van der Waals surface area contributed by atoms with Gasteiger partial charge in [-0.1, -0.05) is 24.3 Å². The first-order valence-corrected chi connectivity index (χ1v) is 10.8. The summed E-state index contributed by atoms with van der Waals surface area (Å²) in [5.41, 5.74) is 2.75. The summed E-state index contributed by atoms with van der Waals surface area (Å²) in [6.45, 7) is 0.669. The van der Waals surface area contributed by atoms with Gasteiger partial charge in [-0.05, 0) is 61.9 Å². The number of aromatic hydroxyl groups is 1. The monoisotopic (exact) mass is 433 g/mol. The highest BCUT2D eigenvalue weighted by atomic mass is 16.5. The van der Waals surface area contributed by atoms with Crippen LogP contribution in [-0.2, 0) is 4.79 Å². The second-order valence-electron chi connectivity index (χ2n) is 8.12. The number of nitrogens with one attached hydrogen (secondary N) is 1. The van der Waals surface area contributed by atoms with E-state index < -0.39 is 5.97 Å². The van der Waals surface area contributed by atoms with Crippen molar-refractivity contribution in [1.82, 2.24) is 9.97 Å². The molecule has 3 N–H and O–H groups in total. The third-order valence-corrected chi connectivity index (χ3v) is 6.03. The van der Waals surface area contributed by atoms with E-state index in [2.05, 4.69) is 10.3 Å². The first-order valence-electron chi connectivity index (χ1n) is 10.8. The lowest BCUT2D eigenvalue weighted by atomic mass is 9.82. The molecule has 0 atom stereocenters. The second-order valence-corrected chi connectivity index (χ2v) is 8.12. The number of aromatic nitrogens is 2. The standard InChI is InChI=1S/C25H27N3O4/c1-32-23-9-5-3-7-19(23)21-14-20(18-6-2-4-8-22(18)29)27-25(28-21)26-15-16-10-12-17(13-11-16)24(30)31/h2-9,14,16-17,29H,10-13,15H2,1H3,(H,30,31)(H,26,27,28). The Morgan fingerprint density at radius 3 is 2.28 bits per heavy atom. The maximum absolute atomic E-state index is 11.2. The molecule has 1 fully saturated rings. The van der Waals surface area contributed by atoms with Crippen molar-refractivity contribution in [2.75, 3.05) is 19.0 Å². The normalized spacial score (nSPS) is 18.2. The summed E-state index contributed by atoms with van der Waals surface area (Å²) in [5.74, 6) is 0.757. The van der Waals surface area contributed by atoms with Gasteiger partial charge in [-0.25, -0.2) is 9.97 Å². The van der Waals surface area contributed by atoms with E-state index in [1.807, 2.05) is 42.5 Å². The molecule has 1 aliphatic carbocycles. The van der Waals surface area contributed by atoms with Crippen LogP contribution in [0, 0.1) is 11.8 Å². The fourth-order valence-corrected chi connectivity index (χ4v) is 4.20. The number of hydrogen-bond donors (Lipinski definition) is 3. The number of carboxylic acids is 1. The van der Waals surface area contributed by atoms with Gasteiger partial charge in [0.25, 0.3) is 0 Å². The van der Waals surface area contributed by atoms with E-state index in [9.17, 15) is 15.0 Å². The van der Waals surface area contributed by atoms with Crippen LogP contribution < -0.4 is 10.1 Å². The largest absolute Gasteiger partial charge is 0.507 e. The van der Waals surface area contributed by atoms with Crippen LogP contribution in [0.1, 0.15) is 25.7 Å². The summed E-state index contributed by atoms with van der Waals surface area (Å²) in [6, 6.07) is 16.6. The van der Waals surface area contributed by atoms with Gasteiger partial charge < -0.3 is 20.3 Å². The van der Waals surface area contributed by atoms with Gasteiger partial charge in [0.1, 0.15) is 11.5 Å². The maximum Gasteiger partial charge on any atom is 0.306 e. The molecule has 4 rings (SSSR count). The van der Waals surface area contributed by atoms with Gasteiger partial charge in [-0.15, -0.1) is 0 Å². The second kappa shape index (κ2) is 9.68. The molecule has 0 radical (unpaired) electrons. The molecule has 0 saturated heterocycles. The van der Waals surface area contributed by atoms with E-state index in [0.717, 1.165) is 18.4 Å². The molecule has 0 unspecified atom stereocenters. The van der Waals surface area contributed by atoms with Crippen LogP contribution in [0.4, 0.5) is 5.95 Å². The van der Waals surface area contributed by atoms with Crippen LogP contribution in [0.25, 0.3) is 22.5 Å². The van der Waals surface area contributed by atoms with Gasteiger partial charge in [-0.2, -0.15) is 0 Å². The summed E-state index contributed by atoms with van der Waals surface area (Å²) in [5, 5.41) is 22.9. The van der Waals surface area contributed by atoms with Crippen molar-refractivity contribution < 1.29 is 19.7 Å². The van der Waals surface area contributed by atoms with Crippen molar-refractivity contribution in [2.45, 2.75) is 25.7 Å². The molecule has 7 heteroatoms. The summed E-state index contributed by atoms with van der Waals surface area (Å²) >= 11 is 0. The van der Waals surface area contributed by atoms with Gasteiger partial charge >= 0.3 is 5.97 Å². The van der Waals surface area contributed by atoms with Crippen molar-refractivity contribution in [3.05, 3.63) is 54.6 Å². The molecule has 32 heavy (non-hydrogen) atoms. The number of methoxy groups -OCH3 is 1. The van der Waals surface area contributed by atoms with E-state index >= 15 is 0 Å². The highest BCUT2D eigenvalue weighted by Gasteiger charge is 2.26. The molecule has 1 aliphatic rings. The van der Waals surface area contributed by atoms with Crippen LogP contribution in [0.15, 0.2) is 54.6 Å². The van der Waals surface area contributed by atoms with Gasteiger partial charge in [0.05, 0.1) is 24.4 Å². The molecule has 0 bridgehead atoms. The Kier molecular flexibility index (Phi) is 6.54. The number of para-hydroxylation sites is 2. The number of carbonyl (C=O) groups is 1. The van der Waals surface area contributed by atoms with Crippen molar-refractivity contribution in [3.8, 4) is 34.0 Å². The van der Waals surface area contributed by atoms with Gasteiger partial charge in [0.15, 0.2) is 0 Å². The molecule has 1 aromatic heterocycles. The Balaban J connectivity index is 1.62. The van der Waals surface area contributed by atoms with Crippen LogP contribution >= 0.6 is 0 Å². The Labute approximate surface area is 187 Å². The summed E-state index contributed by atoms with van der Waals surface area (Å²) in [7, 11) is 1.62. The Morgan fingerprint density at radius 2 is 1.62 bits per heavy atom. The molecule has 7 nitrogen and oxygen atoms in total. The number of nitrogens with zero attached hydrogens (tertiary/aromatic N) is 2. The van der Waals surface area contributed by atoms with Crippen LogP contribution in [-0.4, -0.2) is 39.8 Å². The molecule has 0 spiro atoms. The number of rotatable bonds is 7. The van der Waals surface area contributed by atoms with Gasteiger partial charge in [-0.3, -0.25) is 4.79 Å². The van der Waals surface area contributed by atoms with E-state index in [4.69, 9.17) is 9.72 Å². The highest BCUT2D eigenvalue weighted by molar-refractivity contribution is 5.75.